The van der Waals surface area contributed by atoms with E-state index in [-0.39, 0.29) is 5.91 Å². The Morgan fingerprint density at radius 1 is 1.26 bits per heavy atom. The van der Waals surface area contributed by atoms with Crippen molar-refractivity contribution >= 4 is 44.8 Å². The Hall–Kier alpha value is -1.52. The van der Waals surface area contributed by atoms with Crippen LogP contribution in [0.4, 0.5) is 11.4 Å². The molecule has 5 heteroatoms. The third kappa shape index (κ3) is 3.28. The summed E-state index contributed by atoms with van der Waals surface area (Å²) in [6, 6.07) is 10.5. The lowest BCUT2D eigenvalue weighted by molar-refractivity contribution is 0.102. The molecule has 0 saturated carbocycles. The number of benzene rings is 2. The molecule has 0 fully saturated rings. The number of hydrogen-bond donors (Lipinski definition) is 2. The lowest BCUT2D eigenvalue weighted by atomic mass is 10.1. The van der Waals surface area contributed by atoms with Gasteiger partial charge in [-0.3, -0.25) is 4.79 Å². The number of carbonyl (C=O) groups excluding carboxylic acids is 1. The Labute approximate surface area is 124 Å². The second-order valence-electron chi connectivity index (χ2n) is 4.18. The van der Waals surface area contributed by atoms with Crippen molar-refractivity contribution in [2.24, 2.45) is 0 Å². The van der Waals surface area contributed by atoms with Crippen LogP contribution in [0.5, 0.6) is 0 Å². The van der Waals surface area contributed by atoms with Gasteiger partial charge in [0.1, 0.15) is 0 Å². The van der Waals surface area contributed by atoms with Gasteiger partial charge >= 0.3 is 0 Å². The molecular weight excluding hydrogens is 328 g/mol. The van der Waals surface area contributed by atoms with Crippen molar-refractivity contribution in [3.63, 3.8) is 0 Å². The largest absolute Gasteiger partial charge is 0.399 e. The Bertz CT molecular complexity index is 643. The van der Waals surface area contributed by atoms with Crippen LogP contribution in [-0.2, 0) is 0 Å². The average molecular weight is 340 g/mol. The van der Waals surface area contributed by atoms with Crippen molar-refractivity contribution in [3.05, 3.63) is 57.0 Å². The number of nitrogens with two attached hydrogens (primary N) is 1. The number of hydrogen-bond acceptors (Lipinski definition) is 2. The van der Waals surface area contributed by atoms with Gasteiger partial charge in [0.05, 0.1) is 16.3 Å². The van der Waals surface area contributed by atoms with Gasteiger partial charge in [0.2, 0.25) is 0 Å². The molecular formula is C14H12BrClN2O. The van der Waals surface area contributed by atoms with Gasteiger partial charge in [0.15, 0.2) is 0 Å². The minimum Gasteiger partial charge on any atom is -0.399 e. The van der Waals surface area contributed by atoms with Crippen molar-refractivity contribution < 1.29 is 4.79 Å². The first-order valence-corrected chi connectivity index (χ1v) is 6.77. The smallest absolute Gasteiger partial charge is 0.257 e. The van der Waals surface area contributed by atoms with Crippen molar-refractivity contribution in [2.45, 2.75) is 6.92 Å². The number of nitrogens with one attached hydrogen (secondary N) is 1. The standard InChI is InChI=1S/C14H12BrClN2O/c1-8-2-5-13(11(15)6-8)18-14(19)10-7-9(17)3-4-12(10)16/h2-7H,17H2,1H3,(H,18,19). The van der Waals surface area contributed by atoms with E-state index in [1.54, 1.807) is 18.2 Å². The van der Waals surface area contributed by atoms with Gasteiger partial charge in [-0.05, 0) is 58.7 Å². The van der Waals surface area contributed by atoms with Crippen LogP contribution in [0.3, 0.4) is 0 Å². The molecule has 0 radical (unpaired) electrons. The fourth-order valence-corrected chi connectivity index (χ4v) is 2.42. The monoisotopic (exact) mass is 338 g/mol. The number of carbonyl (C=O) groups is 1. The van der Waals surface area contributed by atoms with E-state index in [0.717, 1.165) is 10.0 Å². The molecule has 0 aliphatic rings. The van der Waals surface area contributed by atoms with Gasteiger partial charge in [0.25, 0.3) is 5.91 Å². The van der Waals surface area contributed by atoms with E-state index in [1.165, 1.54) is 0 Å². The summed E-state index contributed by atoms with van der Waals surface area (Å²) in [6.07, 6.45) is 0. The molecule has 0 aliphatic carbocycles. The summed E-state index contributed by atoms with van der Waals surface area (Å²) >= 11 is 9.40. The van der Waals surface area contributed by atoms with E-state index in [0.29, 0.717) is 22.0 Å². The van der Waals surface area contributed by atoms with Crippen LogP contribution in [0.25, 0.3) is 0 Å². The quantitative estimate of drug-likeness (QED) is 0.804. The molecule has 2 rings (SSSR count). The van der Waals surface area contributed by atoms with Crippen LogP contribution in [-0.4, -0.2) is 5.91 Å². The summed E-state index contributed by atoms with van der Waals surface area (Å²) in [7, 11) is 0. The Morgan fingerprint density at radius 2 is 2.00 bits per heavy atom. The molecule has 1 amide bonds. The lowest BCUT2D eigenvalue weighted by Gasteiger charge is -2.09. The molecule has 3 N–H and O–H groups in total. The molecule has 19 heavy (non-hydrogen) atoms. The molecule has 0 saturated heterocycles. The Morgan fingerprint density at radius 3 is 2.68 bits per heavy atom. The van der Waals surface area contributed by atoms with Gasteiger partial charge in [0, 0.05) is 10.2 Å². The highest BCUT2D eigenvalue weighted by Crippen LogP contribution is 2.25. The first-order chi connectivity index (χ1) is 8.97. The molecule has 0 unspecified atom stereocenters. The fourth-order valence-electron chi connectivity index (χ4n) is 1.63. The minimum atomic E-state index is -0.290. The molecule has 0 aromatic heterocycles. The molecule has 0 bridgehead atoms. The Kier molecular flexibility index (Phi) is 4.12. The van der Waals surface area contributed by atoms with Crippen molar-refractivity contribution in [1.82, 2.24) is 0 Å². The van der Waals surface area contributed by atoms with Crippen molar-refractivity contribution in [1.29, 1.82) is 0 Å². The number of anilines is 2. The van der Waals surface area contributed by atoms with Crippen LogP contribution in [0, 0.1) is 6.92 Å². The van der Waals surface area contributed by atoms with Gasteiger partial charge in [-0.1, -0.05) is 17.7 Å². The fraction of sp³-hybridized carbons (Fsp3) is 0.0714. The molecule has 0 spiro atoms. The van der Waals surface area contributed by atoms with Gasteiger partial charge in [-0.15, -0.1) is 0 Å². The maximum atomic E-state index is 12.2. The number of amides is 1. The summed E-state index contributed by atoms with van der Waals surface area (Å²) in [6.45, 7) is 1.98. The number of aryl methyl sites for hydroxylation is 1. The van der Waals surface area contributed by atoms with E-state index in [1.807, 2.05) is 25.1 Å². The zero-order chi connectivity index (χ0) is 14.0. The maximum absolute atomic E-state index is 12.2. The molecule has 3 nitrogen and oxygen atoms in total. The van der Waals surface area contributed by atoms with Crippen LogP contribution in [0.15, 0.2) is 40.9 Å². The SMILES string of the molecule is Cc1ccc(NC(=O)c2cc(N)ccc2Cl)c(Br)c1. The van der Waals surface area contributed by atoms with Crippen LogP contribution in [0.2, 0.25) is 5.02 Å². The third-order valence-corrected chi connectivity index (χ3v) is 3.59. The summed E-state index contributed by atoms with van der Waals surface area (Å²) < 4.78 is 0.820. The van der Waals surface area contributed by atoms with E-state index in [4.69, 9.17) is 17.3 Å². The highest BCUT2D eigenvalue weighted by molar-refractivity contribution is 9.10. The lowest BCUT2D eigenvalue weighted by Crippen LogP contribution is -2.13. The molecule has 2 aromatic rings. The second kappa shape index (κ2) is 5.63. The van der Waals surface area contributed by atoms with E-state index in [9.17, 15) is 4.79 Å². The molecule has 2 aromatic carbocycles. The van der Waals surface area contributed by atoms with E-state index >= 15 is 0 Å². The third-order valence-electron chi connectivity index (χ3n) is 2.61. The van der Waals surface area contributed by atoms with Gasteiger partial charge < -0.3 is 11.1 Å². The molecule has 0 atom stereocenters. The van der Waals surface area contributed by atoms with E-state index < -0.39 is 0 Å². The Balaban J connectivity index is 2.28. The summed E-state index contributed by atoms with van der Waals surface area (Å²) in [5.74, 6) is -0.290. The predicted molar refractivity (Wildman–Crippen MR) is 82.7 cm³/mol. The minimum absolute atomic E-state index is 0.290. The van der Waals surface area contributed by atoms with Gasteiger partial charge in [-0.2, -0.15) is 0 Å². The number of nitrogen functional groups attached to an aromatic ring is 1. The molecule has 0 heterocycles. The summed E-state index contributed by atoms with van der Waals surface area (Å²) in [5.41, 5.74) is 8.31. The number of rotatable bonds is 2. The maximum Gasteiger partial charge on any atom is 0.257 e. The van der Waals surface area contributed by atoms with Crippen molar-refractivity contribution in [3.8, 4) is 0 Å². The zero-order valence-corrected chi connectivity index (χ0v) is 12.5. The van der Waals surface area contributed by atoms with Crippen LogP contribution in [0.1, 0.15) is 15.9 Å². The molecule has 98 valence electrons. The average Bonchev–Trinajstić information content (AvgIpc) is 2.35. The second-order valence-corrected chi connectivity index (χ2v) is 5.44. The highest BCUT2D eigenvalue weighted by Gasteiger charge is 2.12. The first kappa shape index (κ1) is 13.9. The van der Waals surface area contributed by atoms with Crippen LogP contribution >= 0.6 is 27.5 Å². The zero-order valence-electron chi connectivity index (χ0n) is 10.2. The molecule has 0 aliphatic heterocycles. The number of halogens is 2. The predicted octanol–water partition coefficient (Wildman–Crippen LogP) is 4.25. The summed E-state index contributed by atoms with van der Waals surface area (Å²) in [4.78, 5) is 12.2. The van der Waals surface area contributed by atoms with Gasteiger partial charge in [-0.25, -0.2) is 0 Å². The van der Waals surface area contributed by atoms with Crippen LogP contribution < -0.4 is 11.1 Å². The topological polar surface area (TPSA) is 55.1 Å². The summed E-state index contributed by atoms with van der Waals surface area (Å²) in [5, 5.41) is 3.17. The first-order valence-electron chi connectivity index (χ1n) is 5.60. The normalized spacial score (nSPS) is 10.3. The van der Waals surface area contributed by atoms with Crippen molar-refractivity contribution in [2.75, 3.05) is 11.1 Å². The van der Waals surface area contributed by atoms with E-state index in [2.05, 4.69) is 21.2 Å². The highest BCUT2D eigenvalue weighted by atomic mass is 79.9.